The number of hydrogen-bond acceptors (Lipinski definition) is 5. The molecule has 2 fully saturated rings. The standard InChI is InChI=1S/C24H31N7O/c1-18(2)31-15-22(26-17-31)21-14-29(12-20-10-27-28(3)11-20)16-24(21)6-8-30(23(24)32)13-19-5-4-7-25-9-19/h4-5,7,9-11,15,17-18,21H,6,8,12-14,16H2,1-3H3/t21-,24+/m1/s1. The van der Waals surface area contributed by atoms with E-state index < -0.39 is 5.41 Å². The molecular weight excluding hydrogens is 402 g/mol. The van der Waals surface area contributed by atoms with Crippen molar-refractivity contribution in [1.29, 1.82) is 0 Å². The van der Waals surface area contributed by atoms with Gasteiger partial charge in [0.05, 0.1) is 23.6 Å². The lowest BCUT2D eigenvalue weighted by Gasteiger charge is -2.28. The maximum absolute atomic E-state index is 13.9. The molecular formula is C24H31N7O. The van der Waals surface area contributed by atoms with Crippen LogP contribution < -0.4 is 0 Å². The molecule has 2 atom stereocenters. The van der Waals surface area contributed by atoms with Gasteiger partial charge < -0.3 is 9.47 Å². The molecule has 1 amide bonds. The Morgan fingerprint density at radius 2 is 2.06 bits per heavy atom. The van der Waals surface area contributed by atoms with E-state index in [4.69, 9.17) is 4.98 Å². The maximum Gasteiger partial charge on any atom is 0.231 e. The van der Waals surface area contributed by atoms with Gasteiger partial charge in [-0.15, -0.1) is 0 Å². The fourth-order valence-corrected chi connectivity index (χ4v) is 5.32. The summed E-state index contributed by atoms with van der Waals surface area (Å²) in [5.41, 5.74) is 2.85. The fraction of sp³-hybridized carbons (Fsp3) is 0.500. The van der Waals surface area contributed by atoms with Crippen LogP contribution in [-0.2, 0) is 24.9 Å². The maximum atomic E-state index is 13.9. The summed E-state index contributed by atoms with van der Waals surface area (Å²) >= 11 is 0. The van der Waals surface area contributed by atoms with Crippen molar-refractivity contribution >= 4 is 5.91 Å². The van der Waals surface area contributed by atoms with Crippen LogP contribution in [0, 0.1) is 5.41 Å². The van der Waals surface area contributed by atoms with Crippen molar-refractivity contribution in [3.8, 4) is 0 Å². The van der Waals surface area contributed by atoms with E-state index in [0.717, 1.165) is 43.9 Å². The first-order chi connectivity index (χ1) is 15.4. The topological polar surface area (TPSA) is 72.1 Å². The number of aryl methyl sites for hydroxylation is 1. The van der Waals surface area contributed by atoms with Gasteiger partial charge in [0.1, 0.15) is 0 Å². The van der Waals surface area contributed by atoms with Crippen molar-refractivity contribution < 1.29 is 4.79 Å². The Morgan fingerprint density at radius 1 is 1.19 bits per heavy atom. The van der Waals surface area contributed by atoms with Gasteiger partial charge in [-0.25, -0.2) is 4.98 Å². The molecule has 0 radical (unpaired) electrons. The number of amides is 1. The van der Waals surface area contributed by atoms with Crippen LogP contribution in [0.15, 0.2) is 49.4 Å². The highest BCUT2D eigenvalue weighted by Crippen LogP contribution is 2.50. The average Bonchev–Trinajstić information content (AvgIpc) is 3.54. The number of aromatic nitrogens is 5. The summed E-state index contributed by atoms with van der Waals surface area (Å²) < 4.78 is 3.97. The monoisotopic (exact) mass is 433 g/mol. The molecule has 32 heavy (non-hydrogen) atoms. The first kappa shape index (κ1) is 20.9. The summed E-state index contributed by atoms with van der Waals surface area (Å²) in [7, 11) is 1.94. The number of likely N-dealkylation sites (tertiary alicyclic amines) is 2. The quantitative estimate of drug-likeness (QED) is 0.598. The van der Waals surface area contributed by atoms with Gasteiger partial charge >= 0.3 is 0 Å². The number of imidazole rings is 1. The Balaban J connectivity index is 1.43. The molecule has 2 saturated heterocycles. The van der Waals surface area contributed by atoms with Gasteiger partial charge in [0.15, 0.2) is 0 Å². The molecule has 8 heteroatoms. The summed E-state index contributed by atoms with van der Waals surface area (Å²) in [4.78, 5) is 27.3. The van der Waals surface area contributed by atoms with Gasteiger partial charge in [0, 0.05) is 82.1 Å². The third-order valence-corrected chi connectivity index (χ3v) is 6.99. The second-order valence-electron chi connectivity index (χ2n) is 9.58. The number of hydrogen-bond donors (Lipinski definition) is 0. The molecule has 0 saturated carbocycles. The highest BCUT2D eigenvalue weighted by atomic mass is 16.2. The van der Waals surface area contributed by atoms with Gasteiger partial charge in [-0.3, -0.25) is 19.4 Å². The van der Waals surface area contributed by atoms with E-state index in [-0.39, 0.29) is 11.8 Å². The summed E-state index contributed by atoms with van der Waals surface area (Å²) in [6.45, 7) is 8.08. The minimum Gasteiger partial charge on any atom is -0.338 e. The molecule has 0 bridgehead atoms. The molecule has 2 aliphatic heterocycles. The van der Waals surface area contributed by atoms with Crippen LogP contribution in [-0.4, -0.2) is 59.7 Å². The van der Waals surface area contributed by atoms with Gasteiger partial charge in [0.25, 0.3) is 0 Å². The molecule has 0 aliphatic carbocycles. The molecule has 0 N–H and O–H groups in total. The Morgan fingerprint density at radius 3 is 2.75 bits per heavy atom. The lowest BCUT2D eigenvalue weighted by molar-refractivity contribution is -0.136. The van der Waals surface area contributed by atoms with Gasteiger partial charge in [-0.1, -0.05) is 6.07 Å². The normalized spacial score (nSPS) is 23.8. The predicted octanol–water partition coefficient (Wildman–Crippen LogP) is 2.61. The first-order valence-corrected chi connectivity index (χ1v) is 11.4. The smallest absolute Gasteiger partial charge is 0.231 e. The van der Waals surface area contributed by atoms with E-state index in [9.17, 15) is 4.79 Å². The highest BCUT2D eigenvalue weighted by molar-refractivity contribution is 5.86. The number of rotatable bonds is 6. The van der Waals surface area contributed by atoms with Gasteiger partial charge in [0.2, 0.25) is 5.91 Å². The lowest BCUT2D eigenvalue weighted by Crippen LogP contribution is -2.39. The Hall–Kier alpha value is -3.00. The molecule has 3 aromatic heterocycles. The van der Waals surface area contributed by atoms with Crippen LogP contribution in [0.2, 0.25) is 0 Å². The van der Waals surface area contributed by atoms with Crippen molar-refractivity contribution in [2.45, 2.75) is 45.3 Å². The second kappa shape index (κ2) is 8.16. The molecule has 168 valence electrons. The predicted molar refractivity (Wildman–Crippen MR) is 121 cm³/mol. The largest absolute Gasteiger partial charge is 0.338 e. The van der Waals surface area contributed by atoms with Crippen molar-refractivity contribution in [2.75, 3.05) is 19.6 Å². The van der Waals surface area contributed by atoms with Crippen LogP contribution in [0.4, 0.5) is 0 Å². The third kappa shape index (κ3) is 3.72. The number of pyridine rings is 1. The number of carbonyl (C=O) groups is 1. The minimum absolute atomic E-state index is 0.0885. The summed E-state index contributed by atoms with van der Waals surface area (Å²) in [6.07, 6.45) is 12.5. The van der Waals surface area contributed by atoms with Crippen LogP contribution in [0.3, 0.4) is 0 Å². The van der Waals surface area contributed by atoms with Gasteiger partial charge in [-0.05, 0) is 31.9 Å². The Bertz CT molecular complexity index is 1090. The van der Waals surface area contributed by atoms with Crippen LogP contribution in [0.25, 0.3) is 0 Å². The zero-order valence-corrected chi connectivity index (χ0v) is 19.1. The van der Waals surface area contributed by atoms with Crippen molar-refractivity contribution in [3.05, 3.63) is 66.3 Å². The van der Waals surface area contributed by atoms with E-state index in [2.05, 4.69) is 45.8 Å². The zero-order valence-electron chi connectivity index (χ0n) is 19.1. The van der Waals surface area contributed by atoms with Crippen LogP contribution in [0.1, 0.15) is 49.0 Å². The van der Waals surface area contributed by atoms with E-state index in [0.29, 0.717) is 12.6 Å². The molecule has 5 rings (SSSR count). The van der Waals surface area contributed by atoms with Crippen molar-refractivity contribution in [2.24, 2.45) is 12.5 Å². The van der Waals surface area contributed by atoms with E-state index in [1.54, 1.807) is 6.20 Å². The number of carbonyl (C=O) groups excluding carboxylic acids is 1. The van der Waals surface area contributed by atoms with E-state index >= 15 is 0 Å². The molecule has 0 aromatic carbocycles. The average molecular weight is 434 g/mol. The van der Waals surface area contributed by atoms with Gasteiger partial charge in [-0.2, -0.15) is 5.10 Å². The fourth-order valence-electron chi connectivity index (χ4n) is 5.32. The SMILES string of the molecule is CC(C)n1cnc([C@H]2CN(Cc3cnn(C)c3)C[C@@]23CCN(Cc2cccnc2)C3=O)c1. The van der Waals surface area contributed by atoms with E-state index in [1.807, 2.05) is 47.5 Å². The number of nitrogens with zero attached hydrogens (tertiary/aromatic N) is 7. The van der Waals surface area contributed by atoms with Crippen LogP contribution in [0.5, 0.6) is 0 Å². The molecule has 5 heterocycles. The summed E-state index contributed by atoms with van der Waals surface area (Å²) in [5.74, 6) is 0.338. The highest BCUT2D eigenvalue weighted by Gasteiger charge is 2.57. The molecule has 1 spiro atoms. The molecule has 3 aromatic rings. The lowest BCUT2D eigenvalue weighted by atomic mass is 9.75. The Kier molecular flexibility index (Phi) is 5.33. The van der Waals surface area contributed by atoms with Crippen LogP contribution >= 0.6 is 0 Å². The summed E-state index contributed by atoms with van der Waals surface area (Å²) in [6, 6.07) is 4.32. The molecule has 8 nitrogen and oxygen atoms in total. The molecule has 2 aliphatic rings. The minimum atomic E-state index is -0.430. The van der Waals surface area contributed by atoms with E-state index in [1.165, 1.54) is 5.56 Å². The Labute approximate surface area is 188 Å². The zero-order chi connectivity index (χ0) is 22.3. The van der Waals surface area contributed by atoms with Crippen molar-refractivity contribution in [1.82, 2.24) is 34.1 Å². The molecule has 0 unspecified atom stereocenters. The van der Waals surface area contributed by atoms with Crippen molar-refractivity contribution in [3.63, 3.8) is 0 Å². The second-order valence-corrected chi connectivity index (χ2v) is 9.58. The summed E-state index contributed by atoms with van der Waals surface area (Å²) in [5, 5.41) is 4.31. The first-order valence-electron chi connectivity index (χ1n) is 11.4. The third-order valence-electron chi connectivity index (χ3n) is 6.99.